The average molecular weight is 1770 g/mol. The van der Waals surface area contributed by atoms with Gasteiger partial charge in [0, 0.05) is 0 Å². The number of hydrogen-bond acceptors (Lipinski definition) is 18. The van der Waals surface area contributed by atoms with Gasteiger partial charge in [0.1, 0.15) is 0 Å². The van der Waals surface area contributed by atoms with Gasteiger partial charge in [-0.05, 0) is 0 Å². The Bertz CT molecular complexity index is 3140. The summed E-state index contributed by atoms with van der Waals surface area (Å²) in [5.41, 5.74) is 1.33. The number of hydrogen-bond donors (Lipinski definition) is 0. The van der Waals surface area contributed by atoms with Gasteiger partial charge >= 0.3 is 535 Å². The molecule has 0 saturated carbocycles. The fraction of sp³-hybridized carbons (Fsp3) is 0.0909. The zero-order chi connectivity index (χ0) is 62.9. The molecule has 18 nitrogen and oxygen atoms in total. The molecular formula is C66H57Bi3O18. The monoisotopic (exact) mass is 1760 g/mol. The van der Waals surface area contributed by atoms with E-state index in [1.54, 1.807) is 114 Å². The predicted octanol–water partition coefficient (Wildman–Crippen LogP) is 11.4. The first kappa shape index (κ1) is 65.8. The van der Waals surface area contributed by atoms with Gasteiger partial charge in [0.15, 0.2) is 0 Å². The van der Waals surface area contributed by atoms with Crippen LogP contribution in [-0.2, 0) is 28.4 Å². The maximum absolute atomic E-state index is 12.9. The summed E-state index contributed by atoms with van der Waals surface area (Å²) in [5.74, 6) is -0.658. The van der Waals surface area contributed by atoms with Gasteiger partial charge in [-0.3, -0.25) is 0 Å². The van der Waals surface area contributed by atoms with Crippen molar-refractivity contribution < 1.29 is 74.1 Å². The molecule has 0 N–H and O–H groups in total. The maximum atomic E-state index is 12.9. The van der Waals surface area contributed by atoms with E-state index in [4.69, 9.17) is 45.3 Å². The molecule has 0 bridgehead atoms. The predicted molar refractivity (Wildman–Crippen MR) is 326 cm³/mol. The number of allylic oxidation sites excluding steroid dienone is 6. The Balaban J connectivity index is 1.45. The summed E-state index contributed by atoms with van der Waals surface area (Å²) in [6.45, 7) is 31.4. The van der Waals surface area contributed by atoms with Gasteiger partial charge in [-0.15, -0.1) is 0 Å². The SMILES string of the molecule is C=C(C)OC(=O)c1ccc([O][Bi]([O]c2ccc(C(=O)OC(=C)C)cc2)[c]2c[c]([Bi]([O]c3ccc(C(=O)OC(=C)C)cc3)[O]c3ccc(C(=O)OC(=C)C)cc3)c[c]([Bi]([O]c3ccc(C(=O)OC(=C)C)cc3)[O]c3ccc(C(=O)OC(=C)C)cc3)c2)cc1. The van der Waals surface area contributed by atoms with Crippen LogP contribution in [0.25, 0.3) is 0 Å². The molecule has 87 heavy (non-hydrogen) atoms. The van der Waals surface area contributed by atoms with Crippen LogP contribution in [-0.4, -0.2) is 104 Å². The number of carbonyl (C=O) groups excluding carboxylic acids is 6. The molecule has 0 saturated heterocycles. The van der Waals surface area contributed by atoms with Crippen molar-refractivity contribution in [3.63, 3.8) is 0 Å². The molecule has 21 heteroatoms. The van der Waals surface area contributed by atoms with E-state index in [1.165, 1.54) is 72.8 Å². The molecule has 0 atom stereocenters. The summed E-state index contributed by atoms with van der Waals surface area (Å²) >= 11 is -13.1. The molecule has 0 aliphatic rings. The summed E-state index contributed by atoms with van der Waals surface area (Å²) in [4.78, 5) is 77.7. The first-order chi connectivity index (χ1) is 41.4. The zero-order valence-corrected chi connectivity index (χ0v) is 58.5. The van der Waals surface area contributed by atoms with E-state index < -0.39 is 104 Å². The Morgan fingerprint density at radius 2 is 0.368 bits per heavy atom. The van der Waals surface area contributed by atoms with Crippen molar-refractivity contribution in [2.45, 2.75) is 41.5 Å². The number of ether oxygens (including phenoxy) is 6. The normalized spacial score (nSPS) is 10.6. The van der Waals surface area contributed by atoms with Gasteiger partial charge in [-0.25, -0.2) is 0 Å². The standard InChI is InChI=1S/6C10H10O3.C6H3.3Bi/c6*1-7(2)13-10(12)8-3-5-9(11)6-4-8;1-2-4-6-5-3-1;;;/h6*3-6,11H,1H2,2H3;1,4-5H;;;/q;;;;;;;3*+2/p-6. The van der Waals surface area contributed by atoms with Crippen molar-refractivity contribution in [3.05, 3.63) is 271 Å². The molecule has 7 aromatic rings. The van der Waals surface area contributed by atoms with Crippen LogP contribution in [0, 0.1) is 0 Å². The fourth-order valence-electron chi connectivity index (χ4n) is 7.06. The minimum absolute atomic E-state index is 0.202. The van der Waals surface area contributed by atoms with Crippen molar-refractivity contribution in [2.75, 3.05) is 0 Å². The molecule has 7 aromatic carbocycles. The second kappa shape index (κ2) is 31.1. The van der Waals surface area contributed by atoms with E-state index >= 15 is 0 Å². The summed E-state index contributed by atoms with van der Waals surface area (Å²) in [5, 5.41) is 0. The van der Waals surface area contributed by atoms with Crippen molar-refractivity contribution in [3.8, 4) is 34.5 Å². The van der Waals surface area contributed by atoms with Crippen LogP contribution < -0.4 is 26.7 Å². The van der Waals surface area contributed by atoms with Gasteiger partial charge in [-0.1, -0.05) is 0 Å². The van der Waals surface area contributed by atoms with E-state index in [0.29, 0.717) is 44.3 Å². The Hall–Kier alpha value is -8.75. The van der Waals surface area contributed by atoms with Crippen LogP contribution in [0.5, 0.6) is 34.5 Å². The number of benzene rings is 7. The molecule has 0 spiro atoms. The van der Waals surface area contributed by atoms with Crippen LogP contribution in [0.3, 0.4) is 0 Å². The minimum atomic E-state index is -4.38. The molecule has 0 amide bonds. The van der Waals surface area contributed by atoms with Gasteiger partial charge in [0.25, 0.3) is 0 Å². The van der Waals surface area contributed by atoms with E-state index in [-0.39, 0.29) is 67.9 Å². The topological polar surface area (TPSA) is 213 Å². The van der Waals surface area contributed by atoms with Crippen LogP contribution in [0.15, 0.2) is 238 Å². The Morgan fingerprint density at radius 1 is 0.241 bits per heavy atom. The molecule has 444 valence electrons. The molecular weight excluding hydrogens is 1710 g/mol. The summed E-state index contributed by atoms with van der Waals surface area (Å²) < 4.78 is 74.8. The number of esters is 6. The summed E-state index contributed by atoms with van der Waals surface area (Å²) in [7, 11) is 0. The molecule has 0 fully saturated rings. The molecule has 0 aliphatic carbocycles. The van der Waals surface area contributed by atoms with Gasteiger partial charge in [0.2, 0.25) is 0 Å². The van der Waals surface area contributed by atoms with Gasteiger partial charge in [-0.2, -0.15) is 0 Å². The van der Waals surface area contributed by atoms with E-state index in [0.717, 1.165) is 0 Å². The second-order valence-corrected chi connectivity index (χ2v) is 35.0. The fourth-order valence-corrected chi connectivity index (χ4v) is 28.0. The Morgan fingerprint density at radius 3 is 0.483 bits per heavy atom. The second-order valence-electron chi connectivity index (χ2n) is 18.7. The van der Waals surface area contributed by atoms with E-state index in [9.17, 15) is 28.8 Å². The van der Waals surface area contributed by atoms with Crippen molar-refractivity contribution in [2.24, 2.45) is 0 Å². The quantitative estimate of drug-likeness (QED) is 0.0203. The Kier molecular flexibility index (Phi) is 23.5. The first-order valence-electron chi connectivity index (χ1n) is 25.9. The molecule has 0 unspecified atom stereocenters. The molecule has 0 aliphatic heterocycles. The van der Waals surface area contributed by atoms with Crippen molar-refractivity contribution >= 4 is 114 Å². The van der Waals surface area contributed by atoms with Gasteiger partial charge < -0.3 is 0 Å². The molecule has 0 radical (unpaired) electrons. The number of rotatable bonds is 27. The van der Waals surface area contributed by atoms with E-state index in [2.05, 4.69) is 39.5 Å². The molecule has 0 aromatic heterocycles. The zero-order valence-electron chi connectivity index (χ0n) is 48.0. The third kappa shape index (κ3) is 20.2. The number of carbonyl (C=O) groups is 6. The van der Waals surface area contributed by atoms with Gasteiger partial charge in [0.05, 0.1) is 0 Å². The molecule has 7 rings (SSSR count). The summed E-state index contributed by atoms with van der Waals surface area (Å²) in [6, 6.07) is 43.2. The summed E-state index contributed by atoms with van der Waals surface area (Å²) in [6.07, 6.45) is 0. The Labute approximate surface area is 530 Å². The van der Waals surface area contributed by atoms with Crippen molar-refractivity contribution in [1.82, 2.24) is 0 Å². The van der Waals surface area contributed by atoms with E-state index in [1.807, 2.05) is 18.2 Å². The van der Waals surface area contributed by atoms with Crippen LogP contribution in [0.4, 0.5) is 0 Å². The van der Waals surface area contributed by atoms with Crippen LogP contribution >= 0.6 is 0 Å². The first-order valence-corrected chi connectivity index (χ1v) is 39.7. The average Bonchev–Trinajstić information content (AvgIpc) is 2.27. The van der Waals surface area contributed by atoms with Crippen LogP contribution in [0.2, 0.25) is 0 Å². The molecule has 0 heterocycles. The van der Waals surface area contributed by atoms with Crippen molar-refractivity contribution in [1.29, 1.82) is 0 Å². The van der Waals surface area contributed by atoms with Crippen LogP contribution in [0.1, 0.15) is 104 Å². The third-order valence-corrected chi connectivity index (χ3v) is 27.5. The third-order valence-electron chi connectivity index (χ3n) is 10.8.